The number of aliphatic hydroxyl groups is 1. The van der Waals surface area contributed by atoms with E-state index in [-0.39, 0.29) is 23.6 Å². The van der Waals surface area contributed by atoms with E-state index < -0.39 is 22.7 Å². The summed E-state index contributed by atoms with van der Waals surface area (Å²) in [5.74, 6) is -0.777. The third kappa shape index (κ3) is 5.68. The van der Waals surface area contributed by atoms with Gasteiger partial charge in [-0.15, -0.1) is 0 Å². The Morgan fingerprint density at radius 1 is 1.17 bits per heavy atom. The molecule has 1 amide bonds. The smallest absolute Gasteiger partial charge is 0.295 e. The number of hydrogen-bond acceptors (Lipinski definition) is 7. The Bertz CT molecular complexity index is 1150. The van der Waals surface area contributed by atoms with Crippen LogP contribution in [0.5, 0.6) is 5.75 Å². The molecule has 1 atom stereocenters. The van der Waals surface area contributed by atoms with E-state index >= 15 is 0 Å². The van der Waals surface area contributed by atoms with Gasteiger partial charge in [-0.3, -0.25) is 19.7 Å². The highest BCUT2D eigenvalue weighted by Gasteiger charge is 2.46. The lowest BCUT2D eigenvalue weighted by Crippen LogP contribution is -2.35. The van der Waals surface area contributed by atoms with Crippen LogP contribution in [-0.2, 0) is 9.59 Å². The van der Waals surface area contributed by atoms with Crippen molar-refractivity contribution in [3.63, 3.8) is 0 Å². The zero-order valence-electron chi connectivity index (χ0n) is 20.6. The number of rotatable bonds is 9. The van der Waals surface area contributed by atoms with Crippen molar-refractivity contribution in [2.24, 2.45) is 5.92 Å². The number of likely N-dealkylation sites (tertiary alicyclic amines) is 1. The first-order chi connectivity index (χ1) is 16.5. The molecule has 1 unspecified atom stereocenters. The number of aliphatic hydroxyl groups excluding tert-OH is 1. The maximum absolute atomic E-state index is 13.1. The summed E-state index contributed by atoms with van der Waals surface area (Å²) in [6.07, 6.45) is 0. The molecular weight excluding hydrogens is 450 g/mol. The standard InChI is InChI=1S/C26H31N3O6/c1-16(2)15-35-21-11-8-19(14-17(21)3)24(30)22-23(18-6-9-20(10-7-18)29(33)34)28(13-12-27(4)5)26(32)25(22)31/h6-11,14,16,23,30H,12-13,15H2,1-5H3/b24-22+. The number of likely N-dealkylation sites (N-methyl/N-ethyl adjacent to an activating group) is 1. The van der Waals surface area contributed by atoms with Crippen LogP contribution in [0, 0.1) is 23.0 Å². The second kappa shape index (κ2) is 10.7. The molecule has 2 aromatic carbocycles. The minimum atomic E-state index is -0.868. The summed E-state index contributed by atoms with van der Waals surface area (Å²) >= 11 is 0. The molecule has 1 N–H and O–H groups in total. The number of carbonyl (C=O) groups excluding carboxylic acids is 2. The van der Waals surface area contributed by atoms with E-state index in [1.165, 1.54) is 29.2 Å². The molecule has 1 aliphatic heterocycles. The van der Waals surface area contributed by atoms with Crippen LogP contribution < -0.4 is 4.74 Å². The number of carbonyl (C=O) groups is 2. The van der Waals surface area contributed by atoms with Gasteiger partial charge in [0.15, 0.2) is 0 Å². The third-order valence-corrected chi connectivity index (χ3v) is 5.77. The first-order valence-corrected chi connectivity index (χ1v) is 11.4. The molecule has 1 aliphatic rings. The van der Waals surface area contributed by atoms with Crippen molar-refractivity contribution >= 4 is 23.1 Å². The summed E-state index contributed by atoms with van der Waals surface area (Å²) in [5, 5.41) is 22.3. The zero-order chi connectivity index (χ0) is 25.9. The number of benzene rings is 2. The lowest BCUT2D eigenvalue weighted by Gasteiger charge is -2.26. The van der Waals surface area contributed by atoms with Gasteiger partial charge in [0, 0.05) is 30.8 Å². The van der Waals surface area contributed by atoms with Crippen LogP contribution in [-0.4, -0.2) is 65.3 Å². The number of hydrogen-bond donors (Lipinski definition) is 1. The number of non-ortho nitro benzene ring substituents is 1. The van der Waals surface area contributed by atoms with Crippen molar-refractivity contribution in [3.8, 4) is 5.75 Å². The van der Waals surface area contributed by atoms with Crippen molar-refractivity contribution in [3.05, 3.63) is 74.8 Å². The van der Waals surface area contributed by atoms with Gasteiger partial charge in [0.1, 0.15) is 11.5 Å². The summed E-state index contributed by atoms with van der Waals surface area (Å²) in [5.41, 5.74) is 1.52. The van der Waals surface area contributed by atoms with E-state index in [4.69, 9.17) is 4.74 Å². The van der Waals surface area contributed by atoms with Crippen LogP contribution in [0.25, 0.3) is 5.76 Å². The molecule has 0 aliphatic carbocycles. The van der Waals surface area contributed by atoms with E-state index in [2.05, 4.69) is 0 Å². The van der Waals surface area contributed by atoms with Crippen LogP contribution in [0.15, 0.2) is 48.0 Å². The number of amides is 1. The third-order valence-electron chi connectivity index (χ3n) is 5.77. The molecule has 0 bridgehead atoms. The Morgan fingerprint density at radius 2 is 1.83 bits per heavy atom. The highest BCUT2D eigenvalue weighted by molar-refractivity contribution is 6.46. The number of nitro benzene ring substituents is 1. The maximum atomic E-state index is 13.1. The second-order valence-corrected chi connectivity index (χ2v) is 9.33. The maximum Gasteiger partial charge on any atom is 0.295 e. The first kappa shape index (κ1) is 25.9. The predicted octanol–water partition coefficient (Wildman–Crippen LogP) is 3.92. The molecule has 1 fully saturated rings. The minimum absolute atomic E-state index is 0.0437. The Kier molecular flexibility index (Phi) is 7.91. The van der Waals surface area contributed by atoms with Crippen LogP contribution in [0.4, 0.5) is 5.69 Å². The highest BCUT2D eigenvalue weighted by Crippen LogP contribution is 2.40. The van der Waals surface area contributed by atoms with Crippen molar-refractivity contribution < 1.29 is 24.4 Å². The summed E-state index contributed by atoms with van der Waals surface area (Å²) in [7, 11) is 3.70. The van der Waals surface area contributed by atoms with Gasteiger partial charge in [-0.1, -0.05) is 13.8 Å². The summed E-state index contributed by atoms with van der Waals surface area (Å²) in [6.45, 7) is 7.22. The normalized spacial score (nSPS) is 17.5. The number of aryl methyl sites for hydroxylation is 1. The lowest BCUT2D eigenvalue weighted by molar-refractivity contribution is -0.384. The molecule has 0 aromatic heterocycles. The highest BCUT2D eigenvalue weighted by atomic mass is 16.6. The zero-order valence-corrected chi connectivity index (χ0v) is 20.6. The molecule has 1 saturated heterocycles. The van der Waals surface area contributed by atoms with Crippen molar-refractivity contribution in [2.45, 2.75) is 26.8 Å². The number of ether oxygens (including phenoxy) is 1. The summed E-state index contributed by atoms with van der Waals surface area (Å²) in [4.78, 5) is 40.0. The fourth-order valence-electron chi connectivity index (χ4n) is 3.91. The quantitative estimate of drug-likeness (QED) is 0.190. The molecule has 186 valence electrons. The molecular formula is C26H31N3O6. The van der Waals surface area contributed by atoms with Crippen LogP contribution >= 0.6 is 0 Å². The van der Waals surface area contributed by atoms with Crippen LogP contribution in [0.1, 0.15) is 36.6 Å². The fourth-order valence-corrected chi connectivity index (χ4v) is 3.91. The van der Waals surface area contributed by atoms with Crippen LogP contribution in [0.3, 0.4) is 0 Å². The average molecular weight is 482 g/mol. The second-order valence-electron chi connectivity index (χ2n) is 9.33. The molecule has 3 rings (SSSR count). The van der Waals surface area contributed by atoms with Gasteiger partial charge < -0.3 is 19.6 Å². The number of nitrogens with zero attached hydrogens (tertiary/aromatic N) is 3. The van der Waals surface area contributed by atoms with Crippen molar-refractivity contribution in [1.82, 2.24) is 9.80 Å². The lowest BCUT2D eigenvalue weighted by atomic mass is 9.94. The van der Waals surface area contributed by atoms with Crippen molar-refractivity contribution in [1.29, 1.82) is 0 Å². The van der Waals surface area contributed by atoms with Crippen molar-refractivity contribution in [2.75, 3.05) is 33.8 Å². The van der Waals surface area contributed by atoms with Gasteiger partial charge in [-0.05, 0) is 68.4 Å². The van der Waals surface area contributed by atoms with E-state index in [1.54, 1.807) is 18.2 Å². The average Bonchev–Trinajstić information content (AvgIpc) is 3.06. The fraction of sp³-hybridized carbons (Fsp3) is 0.385. The molecule has 2 aromatic rings. The van der Waals surface area contributed by atoms with Gasteiger partial charge in [0.05, 0.1) is 23.1 Å². The molecule has 0 saturated carbocycles. The van der Waals surface area contributed by atoms with E-state index in [0.29, 0.717) is 35.9 Å². The molecule has 0 spiro atoms. The van der Waals surface area contributed by atoms with Gasteiger partial charge in [-0.2, -0.15) is 0 Å². The number of nitro groups is 1. The Morgan fingerprint density at radius 3 is 2.37 bits per heavy atom. The van der Waals surface area contributed by atoms with Gasteiger partial charge in [0.25, 0.3) is 17.4 Å². The van der Waals surface area contributed by atoms with Crippen LogP contribution in [0.2, 0.25) is 0 Å². The number of Topliss-reactive ketones (excluding diaryl/α,β-unsaturated/α-hetero) is 1. The molecule has 0 radical (unpaired) electrons. The molecule has 1 heterocycles. The monoisotopic (exact) mass is 481 g/mol. The van der Waals surface area contributed by atoms with E-state index in [0.717, 1.165) is 5.56 Å². The summed E-state index contributed by atoms with van der Waals surface area (Å²) < 4.78 is 5.80. The largest absolute Gasteiger partial charge is 0.507 e. The number of ketones is 1. The SMILES string of the molecule is Cc1cc(/C(O)=C2\C(=O)C(=O)N(CCN(C)C)C2c2ccc([N+](=O)[O-])cc2)ccc1OCC(C)C. The Hall–Kier alpha value is -3.72. The summed E-state index contributed by atoms with van der Waals surface area (Å²) in [6, 6.07) is 9.91. The van der Waals surface area contributed by atoms with Gasteiger partial charge in [-0.25, -0.2) is 0 Å². The van der Waals surface area contributed by atoms with E-state index in [9.17, 15) is 24.8 Å². The minimum Gasteiger partial charge on any atom is -0.507 e. The predicted molar refractivity (Wildman–Crippen MR) is 132 cm³/mol. The molecule has 35 heavy (non-hydrogen) atoms. The Labute approximate surface area is 204 Å². The Balaban J connectivity index is 2.08. The topological polar surface area (TPSA) is 113 Å². The van der Waals surface area contributed by atoms with Gasteiger partial charge >= 0.3 is 0 Å². The first-order valence-electron chi connectivity index (χ1n) is 11.4. The molecule has 9 nitrogen and oxygen atoms in total. The molecule has 9 heteroatoms. The van der Waals surface area contributed by atoms with E-state index in [1.807, 2.05) is 39.8 Å². The van der Waals surface area contributed by atoms with Gasteiger partial charge in [0.2, 0.25) is 0 Å².